The Morgan fingerprint density at radius 2 is 2.24 bits per heavy atom. The Balaban J connectivity index is 2.06. The van der Waals surface area contributed by atoms with Crippen molar-refractivity contribution in [1.82, 2.24) is 10.3 Å². The summed E-state index contributed by atoms with van der Waals surface area (Å²) in [4.78, 5) is 7.12. The van der Waals surface area contributed by atoms with Crippen molar-refractivity contribution in [3.05, 3.63) is 23.9 Å². The number of hydrogen-bond acceptors (Lipinski definition) is 3. The fourth-order valence-corrected chi connectivity index (χ4v) is 2.30. The van der Waals surface area contributed by atoms with Gasteiger partial charge in [-0.1, -0.05) is 26.8 Å². The van der Waals surface area contributed by atoms with E-state index in [1.165, 1.54) is 6.42 Å². The average molecular weight is 233 g/mol. The molecule has 2 rings (SSSR count). The Kier molecular flexibility index (Phi) is 3.67. The van der Waals surface area contributed by atoms with E-state index in [0.717, 1.165) is 37.7 Å². The highest BCUT2D eigenvalue weighted by Gasteiger charge is 2.29. The van der Waals surface area contributed by atoms with Crippen LogP contribution in [0.5, 0.6) is 0 Å². The fraction of sp³-hybridized carbons (Fsp3) is 0.643. The Bertz CT molecular complexity index is 373. The minimum atomic E-state index is 0.430. The van der Waals surface area contributed by atoms with Crippen LogP contribution >= 0.6 is 0 Å². The van der Waals surface area contributed by atoms with Crippen LogP contribution in [-0.4, -0.2) is 24.6 Å². The number of nitrogens with zero attached hydrogens (tertiary/aromatic N) is 2. The molecule has 3 nitrogen and oxygen atoms in total. The molecule has 0 aromatic carbocycles. The van der Waals surface area contributed by atoms with Gasteiger partial charge in [-0.25, -0.2) is 4.98 Å². The third-order valence-electron chi connectivity index (χ3n) is 3.35. The van der Waals surface area contributed by atoms with Crippen molar-refractivity contribution >= 4 is 5.82 Å². The minimum absolute atomic E-state index is 0.430. The summed E-state index contributed by atoms with van der Waals surface area (Å²) in [5.74, 6) is 1.13. The van der Waals surface area contributed by atoms with Gasteiger partial charge in [0.2, 0.25) is 0 Å². The summed E-state index contributed by atoms with van der Waals surface area (Å²) in [6, 6.07) is 6.32. The quantitative estimate of drug-likeness (QED) is 0.865. The monoisotopic (exact) mass is 233 g/mol. The maximum atomic E-state index is 4.72. The number of anilines is 1. The van der Waals surface area contributed by atoms with Crippen LogP contribution in [0.3, 0.4) is 0 Å². The van der Waals surface area contributed by atoms with E-state index in [2.05, 4.69) is 49.2 Å². The maximum Gasteiger partial charge on any atom is 0.128 e. The molecule has 3 heteroatoms. The number of nitrogens with one attached hydrogen (secondary N) is 1. The molecule has 1 aromatic rings. The van der Waals surface area contributed by atoms with E-state index in [0.29, 0.717) is 5.41 Å². The summed E-state index contributed by atoms with van der Waals surface area (Å²) in [6.45, 7) is 10.9. The first-order chi connectivity index (χ1) is 8.11. The van der Waals surface area contributed by atoms with Crippen molar-refractivity contribution in [2.45, 2.75) is 33.7 Å². The van der Waals surface area contributed by atoms with Gasteiger partial charge >= 0.3 is 0 Å². The van der Waals surface area contributed by atoms with Gasteiger partial charge in [-0.05, 0) is 30.5 Å². The molecule has 1 N–H and O–H groups in total. The number of pyridine rings is 1. The van der Waals surface area contributed by atoms with Crippen molar-refractivity contribution < 1.29 is 0 Å². The molecular weight excluding hydrogens is 210 g/mol. The Morgan fingerprint density at radius 1 is 1.41 bits per heavy atom. The van der Waals surface area contributed by atoms with Gasteiger partial charge in [0.25, 0.3) is 0 Å². The summed E-state index contributed by atoms with van der Waals surface area (Å²) in [5, 5.41) is 3.32. The normalized spacial score (nSPS) is 18.6. The molecule has 94 valence electrons. The molecule has 0 atom stereocenters. The van der Waals surface area contributed by atoms with Crippen LogP contribution < -0.4 is 10.2 Å². The Hall–Kier alpha value is -1.09. The lowest BCUT2D eigenvalue weighted by Crippen LogP contribution is -2.24. The molecule has 17 heavy (non-hydrogen) atoms. The molecule has 0 saturated carbocycles. The highest BCUT2D eigenvalue weighted by Crippen LogP contribution is 2.31. The number of rotatable bonds is 4. The fourth-order valence-electron chi connectivity index (χ4n) is 2.30. The molecule has 0 aliphatic carbocycles. The van der Waals surface area contributed by atoms with Crippen LogP contribution in [0.15, 0.2) is 18.2 Å². The van der Waals surface area contributed by atoms with Crippen molar-refractivity contribution in [3.63, 3.8) is 0 Å². The van der Waals surface area contributed by atoms with Crippen molar-refractivity contribution in [2.24, 2.45) is 5.41 Å². The zero-order valence-corrected chi connectivity index (χ0v) is 11.2. The summed E-state index contributed by atoms with van der Waals surface area (Å²) in [6.07, 6.45) is 1.26. The summed E-state index contributed by atoms with van der Waals surface area (Å²) >= 11 is 0. The Labute approximate surface area is 104 Å². The highest BCUT2D eigenvalue weighted by atomic mass is 15.2. The van der Waals surface area contributed by atoms with E-state index in [4.69, 9.17) is 4.98 Å². The van der Waals surface area contributed by atoms with E-state index in [1.807, 2.05) is 0 Å². The SMILES string of the molecule is CCNCc1cccc(N2CCC(C)(C)C2)n1. The second-order valence-electron chi connectivity index (χ2n) is 5.60. The molecule has 0 unspecified atom stereocenters. The van der Waals surface area contributed by atoms with Crippen LogP contribution in [0.4, 0.5) is 5.82 Å². The molecule has 1 aliphatic heterocycles. The van der Waals surface area contributed by atoms with Gasteiger partial charge in [0, 0.05) is 19.6 Å². The molecule has 0 amide bonds. The maximum absolute atomic E-state index is 4.72. The minimum Gasteiger partial charge on any atom is -0.356 e. The average Bonchev–Trinajstić information content (AvgIpc) is 2.67. The van der Waals surface area contributed by atoms with E-state index in [1.54, 1.807) is 0 Å². The smallest absolute Gasteiger partial charge is 0.128 e. The lowest BCUT2D eigenvalue weighted by Gasteiger charge is -2.21. The second-order valence-corrected chi connectivity index (χ2v) is 5.60. The molecule has 2 heterocycles. The molecule has 1 aliphatic rings. The summed E-state index contributed by atoms with van der Waals surface area (Å²) in [7, 11) is 0. The van der Waals surface area contributed by atoms with Crippen LogP contribution in [0, 0.1) is 5.41 Å². The van der Waals surface area contributed by atoms with E-state index in [-0.39, 0.29) is 0 Å². The van der Waals surface area contributed by atoms with E-state index >= 15 is 0 Å². The highest BCUT2D eigenvalue weighted by molar-refractivity contribution is 5.41. The first kappa shape index (κ1) is 12.4. The standard InChI is InChI=1S/C14H23N3/c1-4-15-10-12-6-5-7-13(16-12)17-9-8-14(2,3)11-17/h5-7,15H,4,8-11H2,1-3H3. The zero-order valence-electron chi connectivity index (χ0n) is 11.2. The van der Waals surface area contributed by atoms with Crippen molar-refractivity contribution in [2.75, 3.05) is 24.5 Å². The number of aromatic nitrogens is 1. The van der Waals surface area contributed by atoms with Gasteiger partial charge in [0.15, 0.2) is 0 Å². The van der Waals surface area contributed by atoms with E-state index in [9.17, 15) is 0 Å². The molecule has 0 radical (unpaired) electrons. The van der Waals surface area contributed by atoms with Crippen molar-refractivity contribution in [1.29, 1.82) is 0 Å². The van der Waals surface area contributed by atoms with Gasteiger partial charge in [-0.2, -0.15) is 0 Å². The third-order valence-corrected chi connectivity index (χ3v) is 3.35. The number of hydrogen-bond donors (Lipinski definition) is 1. The van der Waals surface area contributed by atoms with Gasteiger partial charge in [-0.3, -0.25) is 0 Å². The topological polar surface area (TPSA) is 28.2 Å². The lowest BCUT2D eigenvalue weighted by molar-refractivity contribution is 0.418. The van der Waals surface area contributed by atoms with E-state index < -0.39 is 0 Å². The molecule has 0 spiro atoms. The van der Waals surface area contributed by atoms with Gasteiger partial charge in [0.05, 0.1) is 5.69 Å². The molecule has 0 bridgehead atoms. The van der Waals surface area contributed by atoms with Crippen LogP contribution in [0.2, 0.25) is 0 Å². The largest absolute Gasteiger partial charge is 0.356 e. The Morgan fingerprint density at radius 3 is 2.88 bits per heavy atom. The van der Waals surface area contributed by atoms with Gasteiger partial charge in [0.1, 0.15) is 5.82 Å². The van der Waals surface area contributed by atoms with Crippen molar-refractivity contribution in [3.8, 4) is 0 Å². The lowest BCUT2D eigenvalue weighted by atomic mass is 9.93. The third kappa shape index (κ3) is 3.19. The first-order valence-electron chi connectivity index (χ1n) is 6.52. The summed E-state index contributed by atoms with van der Waals surface area (Å²) < 4.78 is 0. The molecule has 1 saturated heterocycles. The summed E-state index contributed by atoms with van der Waals surface area (Å²) in [5.41, 5.74) is 1.56. The second kappa shape index (κ2) is 5.05. The molecule has 1 aromatic heterocycles. The first-order valence-corrected chi connectivity index (χ1v) is 6.52. The van der Waals surface area contributed by atoms with Gasteiger partial charge in [-0.15, -0.1) is 0 Å². The van der Waals surface area contributed by atoms with Crippen LogP contribution in [0.1, 0.15) is 32.9 Å². The molecular formula is C14H23N3. The predicted molar refractivity (Wildman–Crippen MR) is 72.2 cm³/mol. The zero-order chi connectivity index (χ0) is 12.3. The molecule has 1 fully saturated rings. The predicted octanol–water partition coefficient (Wildman–Crippen LogP) is 2.43. The van der Waals surface area contributed by atoms with Crippen LogP contribution in [-0.2, 0) is 6.54 Å². The van der Waals surface area contributed by atoms with Crippen LogP contribution in [0.25, 0.3) is 0 Å². The van der Waals surface area contributed by atoms with Gasteiger partial charge < -0.3 is 10.2 Å².